The molecule has 2 heterocycles. The highest BCUT2D eigenvalue weighted by Crippen LogP contribution is 2.30. The summed E-state index contributed by atoms with van der Waals surface area (Å²) in [6.45, 7) is 11.6. The number of piperazine rings is 1. The molecule has 2 amide bonds. The van der Waals surface area contributed by atoms with Crippen molar-refractivity contribution in [3.05, 3.63) is 15.6 Å². The van der Waals surface area contributed by atoms with Crippen molar-refractivity contribution in [2.24, 2.45) is 0 Å². The molecule has 1 fully saturated rings. The van der Waals surface area contributed by atoms with Crippen LogP contribution in [0.2, 0.25) is 0 Å². The maximum absolute atomic E-state index is 12.8. The third-order valence-electron chi connectivity index (χ3n) is 4.41. The average molecular weight is 309 g/mol. The van der Waals surface area contributed by atoms with Crippen LogP contribution in [0.5, 0.6) is 0 Å². The van der Waals surface area contributed by atoms with E-state index < -0.39 is 11.1 Å². The molecule has 0 spiro atoms. The maximum Gasteiger partial charge on any atom is 0.249 e. The second-order valence-corrected chi connectivity index (χ2v) is 7.63. The normalized spacial score (nSPS) is 25.1. The Hall–Kier alpha value is -1.43. The van der Waals surface area contributed by atoms with Gasteiger partial charge in [0.05, 0.1) is 12.2 Å². The van der Waals surface area contributed by atoms with Crippen LogP contribution >= 0.6 is 11.3 Å². The Kier molecular flexibility index (Phi) is 3.86. The number of nitrogens with one attached hydrogen (secondary N) is 1. The summed E-state index contributed by atoms with van der Waals surface area (Å²) in [6, 6.07) is 0. The minimum Gasteiger partial charge on any atom is -0.340 e. The summed E-state index contributed by atoms with van der Waals surface area (Å²) >= 11 is 1.58. The Balaban J connectivity index is 2.37. The number of thiazole rings is 1. The monoisotopic (exact) mass is 309 g/mol. The highest BCUT2D eigenvalue weighted by Gasteiger charge is 2.51. The molecule has 1 aromatic rings. The van der Waals surface area contributed by atoms with Gasteiger partial charge in [0, 0.05) is 4.88 Å². The molecule has 1 aliphatic heterocycles. The first-order valence-corrected chi connectivity index (χ1v) is 8.01. The number of carbonyl (C=O) groups is 2. The number of carbonyl (C=O) groups excluding carboxylic acids is 2. The average Bonchev–Trinajstić information content (AvgIpc) is 2.72. The van der Waals surface area contributed by atoms with Crippen molar-refractivity contribution in [1.82, 2.24) is 15.2 Å². The quantitative estimate of drug-likeness (QED) is 0.931. The van der Waals surface area contributed by atoms with Crippen molar-refractivity contribution in [2.75, 3.05) is 0 Å². The Labute approximate surface area is 129 Å². The molecule has 0 bridgehead atoms. The van der Waals surface area contributed by atoms with E-state index in [2.05, 4.69) is 10.3 Å². The van der Waals surface area contributed by atoms with E-state index in [9.17, 15) is 9.59 Å². The van der Waals surface area contributed by atoms with E-state index in [0.717, 1.165) is 15.6 Å². The van der Waals surface area contributed by atoms with Gasteiger partial charge in [0.15, 0.2) is 0 Å². The topological polar surface area (TPSA) is 62.3 Å². The molecule has 1 aromatic heterocycles. The summed E-state index contributed by atoms with van der Waals surface area (Å²) in [6.07, 6.45) is 0.570. The fraction of sp³-hybridized carbons (Fsp3) is 0.667. The number of hydrogen-bond acceptors (Lipinski definition) is 4. The molecule has 0 radical (unpaired) electrons. The first kappa shape index (κ1) is 15.9. The first-order valence-electron chi connectivity index (χ1n) is 7.19. The van der Waals surface area contributed by atoms with Gasteiger partial charge in [0.25, 0.3) is 0 Å². The maximum atomic E-state index is 12.8. The van der Waals surface area contributed by atoms with Gasteiger partial charge in [-0.1, -0.05) is 6.92 Å². The largest absolute Gasteiger partial charge is 0.340 e. The van der Waals surface area contributed by atoms with E-state index >= 15 is 0 Å². The molecule has 1 atom stereocenters. The molecule has 0 aliphatic carbocycles. The molecule has 1 aliphatic rings. The summed E-state index contributed by atoms with van der Waals surface area (Å²) in [4.78, 5) is 32.5. The Morgan fingerprint density at radius 2 is 1.86 bits per heavy atom. The predicted molar refractivity (Wildman–Crippen MR) is 83.1 cm³/mol. The van der Waals surface area contributed by atoms with Gasteiger partial charge in [0.2, 0.25) is 11.8 Å². The van der Waals surface area contributed by atoms with Crippen molar-refractivity contribution in [1.29, 1.82) is 0 Å². The van der Waals surface area contributed by atoms with Crippen LogP contribution in [0.4, 0.5) is 0 Å². The number of rotatable bonds is 3. The summed E-state index contributed by atoms with van der Waals surface area (Å²) in [5.41, 5.74) is -0.701. The van der Waals surface area contributed by atoms with Gasteiger partial charge in [-0.2, -0.15) is 0 Å². The highest BCUT2D eigenvalue weighted by atomic mass is 32.1. The molecular formula is C15H23N3O2S. The van der Waals surface area contributed by atoms with E-state index in [0.29, 0.717) is 13.0 Å². The Morgan fingerprint density at radius 3 is 2.33 bits per heavy atom. The smallest absolute Gasteiger partial charge is 0.249 e. The number of amides is 2. The third kappa shape index (κ3) is 2.57. The summed E-state index contributed by atoms with van der Waals surface area (Å²) < 4.78 is 0. The second-order valence-electron chi connectivity index (χ2n) is 6.34. The number of aryl methyl sites for hydroxylation is 2. The fourth-order valence-corrected chi connectivity index (χ4v) is 3.31. The minimum atomic E-state index is -0.862. The molecule has 116 valence electrons. The van der Waals surface area contributed by atoms with Crippen LogP contribution in [0.1, 0.15) is 49.7 Å². The third-order valence-corrected chi connectivity index (χ3v) is 5.47. The molecule has 5 nitrogen and oxygen atoms in total. The van der Waals surface area contributed by atoms with Crippen molar-refractivity contribution in [3.63, 3.8) is 0 Å². The van der Waals surface area contributed by atoms with Gasteiger partial charge in [0.1, 0.15) is 16.1 Å². The lowest BCUT2D eigenvalue weighted by atomic mass is 9.87. The van der Waals surface area contributed by atoms with Crippen LogP contribution in [-0.2, 0) is 16.1 Å². The zero-order valence-electron chi connectivity index (χ0n) is 13.5. The number of nitrogens with zero attached hydrogens (tertiary/aromatic N) is 2. The lowest BCUT2D eigenvalue weighted by Gasteiger charge is -2.48. The van der Waals surface area contributed by atoms with Crippen molar-refractivity contribution in [3.8, 4) is 0 Å². The lowest BCUT2D eigenvalue weighted by Crippen LogP contribution is -2.72. The van der Waals surface area contributed by atoms with Gasteiger partial charge < -0.3 is 10.2 Å². The van der Waals surface area contributed by atoms with Crippen molar-refractivity contribution >= 4 is 23.2 Å². The van der Waals surface area contributed by atoms with Crippen LogP contribution in [0.3, 0.4) is 0 Å². The Morgan fingerprint density at radius 1 is 1.24 bits per heavy atom. The van der Waals surface area contributed by atoms with Gasteiger partial charge in [-0.15, -0.1) is 11.3 Å². The Bertz CT molecular complexity index is 574. The second kappa shape index (κ2) is 5.09. The molecule has 1 N–H and O–H groups in total. The van der Waals surface area contributed by atoms with Crippen molar-refractivity contribution in [2.45, 2.75) is 65.6 Å². The van der Waals surface area contributed by atoms with E-state index in [1.54, 1.807) is 37.0 Å². The lowest BCUT2D eigenvalue weighted by molar-refractivity contribution is -0.161. The zero-order valence-corrected chi connectivity index (χ0v) is 14.3. The van der Waals surface area contributed by atoms with Crippen LogP contribution in [0.25, 0.3) is 0 Å². The van der Waals surface area contributed by atoms with Gasteiger partial charge in [-0.3, -0.25) is 9.59 Å². The van der Waals surface area contributed by atoms with E-state index in [4.69, 9.17) is 0 Å². The van der Waals surface area contributed by atoms with Crippen molar-refractivity contribution < 1.29 is 9.59 Å². The molecule has 1 unspecified atom stereocenters. The molecule has 21 heavy (non-hydrogen) atoms. The number of hydrogen-bond donors (Lipinski definition) is 1. The molecule has 1 saturated heterocycles. The molecular weight excluding hydrogens is 286 g/mol. The standard InChI is InChI=1S/C15H23N3O2S/c1-7-15(6)13(20)18(14(4,5)12(19)17-15)8-11-16-9(2)10(3)21-11/h7-8H2,1-6H3,(H,17,19). The van der Waals surface area contributed by atoms with Gasteiger partial charge >= 0.3 is 0 Å². The predicted octanol–water partition coefficient (Wildman–Crippen LogP) is 2.17. The van der Waals surface area contributed by atoms with E-state index in [-0.39, 0.29) is 11.8 Å². The summed E-state index contributed by atoms with van der Waals surface area (Å²) in [5, 5.41) is 3.74. The number of aromatic nitrogens is 1. The molecule has 6 heteroatoms. The minimum absolute atomic E-state index is 0.0416. The summed E-state index contributed by atoms with van der Waals surface area (Å²) in [7, 11) is 0. The van der Waals surface area contributed by atoms with Crippen LogP contribution in [-0.4, -0.2) is 32.8 Å². The first-order chi connectivity index (χ1) is 9.61. The fourth-order valence-electron chi connectivity index (χ4n) is 2.38. The molecule has 0 saturated carbocycles. The summed E-state index contributed by atoms with van der Waals surface area (Å²) in [5.74, 6) is -0.156. The molecule has 2 rings (SSSR count). The van der Waals surface area contributed by atoms with Crippen LogP contribution < -0.4 is 5.32 Å². The molecule has 0 aromatic carbocycles. The van der Waals surface area contributed by atoms with Gasteiger partial charge in [-0.25, -0.2) is 4.98 Å². The van der Waals surface area contributed by atoms with E-state index in [1.807, 2.05) is 20.8 Å². The SMILES string of the molecule is CCC1(C)NC(=O)C(C)(C)N(Cc2nc(C)c(C)s2)C1=O. The van der Waals surface area contributed by atoms with Crippen LogP contribution in [0, 0.1) is 13.8 Å². The van der Waals surface area contributed by atoms with Gasteiger partial charge in [-0.05, 0) is 41.0 Å². The zero-order chi connectivity index (χ0) is 16.0. The highest BCUT2D eigenvalue weighted by molar-refractivity contribution is 7.11. The van der Waals surface area contributed by atoms with E-state index in [1.165, 1.54) is 0 Å². The van der Waals surface area contributed by atoms with Crippen LogP contribution in [0.15, 0.2) is 0 Å².